The first kappa shape index (κ1) is 17.6. The summed E-state index contributed by atoms with van der Waals surface area (Å²) >= 11 is 5.27. The number of H-pyrrole nitrogens is 1. The Morgan fingerprint density at radius 2 is 2.19 bits per heavy atom. The van der Waals surface area contributed by atoms with Crippen molar-refractivity contribution in [3.05, 3.63) is 51.9 Å². The van der Waals surface area contributed by atoms with E-state index in [1.54, 1.807) is 23.0 Å². The normalized spacial score (nSPS) is 13.7. The summed E-state index contributed by atoms with van der Waals surface area (Å²) in [7, 11) is 0. The molecule has 1 aliphatic rings. The molecule has 0 aliphatic heterocycles. The van der Waals surface area contributed by atoms with Crippen LogP contribution in [0.5, 0.6) is 0 Å². The van der Waals surface area contributed by atoms with E-state index in [0.29, 0.717) is 35.2 Å². The molecule has 9 heteroatoms. The molecule has 3 aromatic heterocycles. The molecule has 0 atom stereocenters. The summed E-state index contributed by atoms with van der Waals surface area (Å²) in [5, 5.41) is 14.4. The highest BCUT2D eigenvalue weighted by atomic mass is 32.1. The molecule has 2 N–H and O–H groups in total. The van der Waals surface area contributed by atoms with Crippen LogP contribution in [-0.2, 0) is 6.42 Å². The molecule has 1 fully saturated rings. The maximum absolute atomic E-state index is 12.4. The van der Waals surface area contributed by atoms with Crippen LogP contribution in [0, 0.1) is 18.6 Å². The first-order valence-electron chi connectivity index (χ1n) is 8.96. The van der Waals surface area contributed by atoms with E-state index in [9.17, 15) is 4.79 Å². The summed E-state index contributed by atoms with van der Waals surface area (Å²) in [4.78, 5) is 16.7. The molecular formula is C18H21N7OS. The van der Waals surface area contributed by atoms with Gasteiger partial charge in [0, 0.05) is 30.9 Å². The average molecular weight is 383 g/mol. The highest BCUT2D eigenvalue weighted by Crippen LogP contribution is 2.35. The molecule has 1 saturated carbocycles. The molecule has 140 valence electrons. The molecule has 3 heterocycles. The Morgan fingerprint density at radius 3 is 2.81 bits per heavy atom. The number of aryl methyl sites for hydroxylation is 2. The fourth-order valence-corrected chi connectivity index (χ4v) is 3.42. The van der Waals surface area contributed by atoms with Gasteiger partial charge < -0.3 is 9.88 Å². The van der Waals surface area contributed by atoms with Crippen molar-refractivity contribution in [2.24, 2.45) is 0 Å². The lowest BCUT2D eigenvalue weighted by Crippen LogP contribution is -2.26. The Kier molecular flexibility index (Phi) is 4.61. The molecule has 1 aliphatic carbocycles. The van der Waals surface area contributed by atoms with Gasteiger partial charge in [-0.1, -0.05) is 0 Å². The lowest BCUT2D eigenvalue weighted by Gasteiger charge is -2.08. The van der Waals surface area contributed by atoms with E-state index in [2.05, 4.69) is 30.2 Å². The van der Waals surface area contributed by atoms with Crippen LogP contribution in [0.3, 0.4) is 0 Å². The van der Waals surface area contributed by atoms with Gasteiger partial charge in [0.1, 0.15) is 5.82 Å². The van der Waals surface area contributed by atoms with Crippen molar-refractivity contribution in [1.82, 2.24) is 34.8 Å². The summed E-state index contributed by atoms with van der Waals surface area (Å²) in [5.41, 5.74) is 2.45. The molecule has 0 saturated heterocycles. The van der Waals surface area contributed by atoms with Gasteiger partial charge in [0.15, 0.2) is 10.6 Å². The van der Waals surface area contributed by atoms with Gasteiger partial charge in [-0.05, 0) is 57.1 Å². The second-order valence-electron chi connectivity index (χ2n) is 6.80. The Balaban J connectivity index is 1.37. The number of pyridine rings is 1. The van der Waals surface area contributed by atoms with E-state index in [1.165, 1.54) is 0 Å². The van der Waals surface area contributed by atoms with Crippen molar-refractivity contribution in [3.8, 4) is 5.82 Å². The number of nitrogens with one attached hydrogen (secondary N) is 2. The van der Waals surface area contributed by atoms with E-state index < -0.39 is 0 Å². The van der Waals surface area contributed by atoms with Crippen molar-refractivity contribution >= 4 is 18.1 Å². The Bertz CT molecular complexity index is 1030. The van der Waals surface area contributed by atoms with Gasteiger partial charge in [-0.3, -0.25) is 9.89 Å². The molecule has 0 bridgehead atoms. The second kappa shape index (κ2) is 7.07. The first-order chi connectivity index (χ1) is 13.0. The van der Waals surface area contributed by atoms with Gasteiger partial charge in [-0.15, -0.1) is 0 Å². The summed E-state index contributed by atoms with van der Waals surface area (Å²) in [6.07, 6.45) is 4.48. The molecule has 0 aromatic carbocycles. The third-order valence-electron chi connectivity index (χ3n) is 4.56. The zero-order valence-electron chi connectivity index (χ0n) is 15.3. The number of hydrogen-bond donors (Lipinski definition) is 2. The van der Waals surface area contributed by atoms with Crippen LogP contribution in [0.4, 0.5) is 0 Å². The summed E-state index contributed by atoms with van der Waals surface area (Å²) in [6.45, 7) is 4.40. The minimum atomic E-state index is -0.158. The van der Waals surface area contributed by atoms with E-state index in [1.807, 2.05) is 19.9 Å². The fourth-order valence-electron chi connectivity index (χ4n) is 3.12. The smallest absolute Gasteiger partial charge is 0.252 e. The van der Waals surface area contributed by atoms with E-state index >= 15 is 0 Å². The summed E-state index contributed by atoms with van der Waals surface area (Å²) in [5.74, 6) is 1.42. The third-order valence-corrected chi connectivity index (χ3v) is 4.85. The van der Waals surface area contributed by atoms with Crippen molar-refractivity contribution in [2.75, 3.05) is 6.54 Å². The van der Waals surface area contributed by atoms with Gasteiger partial charge in [-0.2, -0.15) is 10.2 Å². The van der Waals surface area contributed by atoms with Gasteiger partial charge in [0.2, 0.25) is 0 Å². The number of hydrogen-bond acceptors (Lipinski definition) is 5. The molecule has 3 aromatic rings. The Morgan fingerprint density at radius 1 is 1.37 bits per heavy atom. The molecule has 1 amide bonds. The van der Waals surface area contributed by atoms with E-state index in [-0.39, 0.29) is 5.91 Å². The molecule has 0 spiro atoms. The van der Waals surface area contributed by atoms with Gasteiger partial charge >= 0.3 is 0 Å². The zero-order valence-corrected chi connectivity index (χ0v) is 16.1. The van der Waals surface area contributed by atoms with Crippen molar-refractivity contribution in [3.63, 3.8) is 0 Å². The maximum Gasteiger partial charge on any atom is 0.252 e. The van der Waals surface area contributed by atoms with Crippen LogP contribution in [-0.4, -0.2) is 42.0 Å². The number of aromatic amines is 1. The SMILES string of the molecule is Cc1cc(C)n(-c2ccc(C(=O)NCCc3n[nH]c(=S)n3C3CC3)cn2)n1. The standard InChI is InChI=1S/C18H21N7OS/c1-11-9-12(2)25(23-11)15-6-3-13(10-20-15)17(26)19-8-7-16-21-22-18(27)24(16)14-4-5-14/h3,6,9-10,14H,4-5,7-8H2,1-2H3,(H,19,26)(H,22,27). The van der Waals surface area contributed by atoms with Gasteiger partial charge in [-0.25, -0.2) is 9.67 Å². The second-order valence-corrected chi connectivity index (χ2v) is 7.18. The molecular weight excluding hydrogens is 362 g/mol. The predicted molar refractivity (Wildman–Crippen MR) is 103 cm³/mol. The summed E-state index contributed by atoms with van der Waals surface area (Å²) in [6, 6.07) is 6.01. The molecule has 4 rings (SSSR count). The highest BCUT2D eigenvalue weighted by molar-refractivity contribution is 7.71. The fraction of sp³-hybridized carbons (Fsp3) is 0.389. The minimum absolute atomic E-state index is 0.158. The van der Waals surface area contributed by atoms with E-state index in [4.69, 9.17) is 12.2 Å². The number of aromatic nitrogens is 6. The highest BCUT2D eigenvalue weighted by Gasteiger charge is 2.27. The molecule has 0 unspecified atom stereocenters. The molecule has 8 nitrogen and oxygen atoms in total. The van der Waals surface area contributed by atoms with Crippen LogP contribution in [0.1, 0.15) is 46.5 Å². The molecule has 0 radical (unpaired) electrons. The maximum atomic E-state index is 12.4. The lowest BCUT2D eigenvalue weighted by molar-refractivity contribution is 0.0953. The van der Waals surface area contributed by atoms with Crippen molar-refractivity contribution in [2.45, 2.75) is 39.2 Å². The predicted octanol–water partition coefficient (Wildman–Crippen LogP) is 2.45. The lowest BCUT2D eigenvalue weighted by atomic mass is 10.2. The number of nitrogens with zero attached hydrogens (tertiary/aromatic N) is 5. The van der Waals surface area contributed by atoms with Gasteiger partial charge in [0.05, 0.1) is 11.3 Å². The largest absolute Gasteiger partial charge is 0.352 e. The minimum Gasteiger partial charge on any atom is -0.352 e. The van der Waals surface area contributed by atoms with Crippen LogP contribution in [0.25, 0.3) is 5.82 Å². The van der Waals surface area contributed by atoms with Crippen LogP contribution < -0.4 is 5.32 Å². The Hall–Kier alpha value is -2.81. The number of amides is 1. The molecule has 27 heavy (non-hydrogen) atoms. The zero-order chi connectivity index (χ0) is 19.0. The summed E-state index contributed by atoms with van der Waals surface area (Å²) < 4.78 is 4.48. The van der Waals surface area contributed by atoms with Crippen molar-refractivity contribution in [1.29, 1.82) is 0 Å². The number of carbonyl (C=O) groups is 1. The number of rotatable bonds is 6. The van der Waals surface area contributed by atoms with Gasteiger partial charge in [0.25, 0.3) is 5.91 Å². The average Bonchev–Trinajstić information content (AvgIpc) is 3.34. The van der Waals surface area contributed by atoms with Crippen LogP contribution in [0.2, 0.25) is 0 Å². The number of carbonyl (C=O) groups excluding carboxylic acids is 1. The first-order valence-corrected chi connectivity index (χ1v) is 9.37. The monoisotopic (exact) mass is 383 g/mol. The van der Waals surface area contributed by atoms with Crippen LogP contribution >= 0.6 is 12.2 Å². The topological polar surface area (TPSA) is 93.4 Å². The van der Waals surface area contributed by atoms with Crippen LogP contribution in [0.15, 0.2) is 24.4 Å². The quantitative estimate of drug-likeness (QED) is 0.638. The van der Waals surface area contributed by atoms with E-state index in [0.717, 1.165) is 30.1 Å². The Labute approximate surface area is 161 Å². The third kappa shape index (κ3) is 3.68. The van der Waals surface area contributed by atoms with Crippen molar-refractivity contribution < 1.29 is 4.79 Å².